The number of carbonyl (C=O) groups excluding carboxylic acids is 1. The minimum absolute atomic E-state index is 0.0145. The summed E-state index contributed by atoms with van der Waals surface area (Å²) in [5, 5.41) is 8.24. The molecule has 0 saturated heterocycles. The predicted molar refractivity (Wildman–Crippen MR) is 71.1 cm³/mol. The second-order valence-corrected chi connectivity index (χ2v) is 3.87. The van der Waals surface area contributed by atoms with E-state index < -0.39 is 0 Å². The standard InChI is InChI=1S/C14H16N2O/c1-2-15-14(17)10-16-13-8-7-11-5-3-4-6-12(11)9-13/h3-9,16H,2,10H2,1H3,(H,15,17). The zero-order valence-electron chi connectivity index (χ0n) is 9.86. The lowest BCUT2D eigenvalue weighted by Gasteiger charge is -2.07. The molecule has 3 nitrogen and oxygen atoms in total. The first kappa shape index (κ1) is 11.5. The molecule has 0 heterocycles. The number of likely N-dealkylation sites (N-methyl/N-ethyl adjacent to an activating group) is 1. The van der Waals surface area contributed by atoms with Crippen molar-refractivity contribution in [2.45, 2.75) is 6.92 Å². The topological polar surface area (TPSA) is 41.1 Å². The minimum Gasteiger partial charge on any atom is -0.376 e. The van der Waals surface area contributed by atoms with Gasteiger partial charge in [0.2, 0.25) is 5.91 Å². The molecule has 0 spiro atoms. The summed E-state index contributed by atoms with van der Waals surface area (Å²) in [6, 6.07) is 14.3. The Kier molecular flexibility index (Phi) is 3.60. The normalized spacial score (nSPS) is 10.2. The fraction of sp³-hybridized carbons (Fsp3) is 0.214. The Bertz CT molecular complexity index is 522. The summed E-state index contributed by atoms with van der Waals surface area (Å²) in [7, 11) is 0. The van der Waals surface area contributed by atoms with Crippen LogP contribution in [0.3, 0.4) is 0 Å². The van der Waals surface area contributed by atoms with Crippen molar-refractivity contribution in [3.63, 3.8) is 0 Å². The van der Waals surface area contributed by atoms with Gasteiger partial charge >= 0.3 is 0 Å². The molecule has 2 aromatic carbocycles. The maximum absolute atomic E-state index is 11.3. The van der Waals surface area contributed by atoms with Gasteiger partial charge in [0.05, 0.1) is 6.54 Å². The molecule has 2 N–H and O–H groups in total. The molecule has 88 valence electrons. The van der Waals surface area contributed by atoms with Gasteiger partial charge in [0.25, 0.3) is 0 Å². The van der Waals surface area contributed by atoms with E-state index in [1.54, 1.807) is 0 Å². The largest absolute Gasteiger partial charge is 0.376 e. The van der Waals surface area contributed by atoms with Gasteiger partial charge < -0.3 is 10.6 Å². The highest BCUT2D eigenvalue weighted by molar-refractivity contribution is 5.87. The lowest BCUT2D eigenvalue weighted by molar-refractivity contribution is -0.119. The van der Waals surface area contributed by atoms with Crippen molar-refractivity contribution in [1.29, 1.82) is 0 Å². The summed E-state index contributed by atoms with van der Waals surface area (Å²) in [5.74, 6) is 0.0145. The van der Waals surface area contributed by atoms with E-state index in [4.69, 9.17) is 0 Å². The van der Waals surface area contributed by atoms with Crippen LogP contribution in [-0.2, 0) is 4.79 Å². The molecule has 0 aromatic heterocycles. The monoisotopic (exact) mass is 228 g/mol. The first-order valence-corrected chi connectivity index (χ1v) is 5.79. The number of carbonyl (C=O) groups is 1. The van der Waals surface area contributed by atoms with Gasteiger partial charge in [-0.2, -0.15) is 0 Å². The van der Waals surface area contributed by atoms with Gasteiger partial charge in [-0.05, 0) is 29.8 Å². The third kappa shape index (κ3) is 2.97. The Morgan fingerprint density at radius 1 is 1.12 bits per heavy atom. The lowest BCUT2D eigenvalue weighted by atomic mass is 10.1. The van der Waals surface area contributed by atoms with E-state index in [1.165, 1.54) is 10.8 Å². The first-order chi connectivity index (χ1) is 8.29. The zero-order valence-corrected chi connectivity index (χ0v) is 9.86. The molecule has 0 fully saturated rings. The fourth-order valence-corrected chi connectivity index (χ4v) is 1.74. The van der Waals surface area contributed by atoms with E-state index in [0.29, 0.717) is 13.1 Å². The number of nitrogens with one attached hydrogen (secondary N) is 2. The number of hydrogen-bond donors (Lipinski definition) is 2. The highest BCUT2D eigenvalue weighted by Gasteiger charge is 1.99. The van der Waals surface area contributed by atoms with Gasteiger partial charge in [-0.1, -0.05) is 30.3 Å². The Morgan fingerprint density at radius 2 is 1.88 bits per heavy atom. The SMILES string of the molecule is CCNC(=O)CNc1ccc2ccccc2c1. The van der Waals surface area contributed by atoms with Crippen LogP contribution in [0.25, 0.3) is 10.8 Å². The molecule has 0 radical (unpaired) electrons. The number of anilines is 1. The van der Waals surface area contributed by atoms with Crippen LogP contribution >= 0.6 is 0 Å². The average molecular weight is 228 g/mol. The summed E-state index contributed by atoms with van der Waals surface area (Å²) in [6.07, 6.45) is 0. The molecule has 1 amide bonds. The fourth-order valence-electron chi connectivity index (χ4n) is 1.74. The highest BCUT2D eigenvalue weighted by atomic mass is 16.1. The quantitative estimate of drug-likeness (QED) is 0.843. The maximum Gasteiger partial charge on any atom is 0.239 e. The number of hydrogen-bond acceptors (Lipinski definition) is 2. The van der Waals surface area contributed by atoms with Crippen molar-refractivity contribution in [1.82, 2.24) is 5.32 Å². The minimum atomic E-state index is 0.0145. The zero-order chi connectivity index (χ0) is 12.1. The average Bonchev–Trinajstić information content (AvgIpc) is 2.36. The molecule has 0 aliphatic carbocycles. The molecule has 0 aliphatic rings. The molecule has 3 heteroatoms. The molecule has 0 unspecified atom stereocenters. The Morgan fingerprint density at radius 3 is 2.65 bits per heavy atom. The molecular formula is C14H16N2O. The van der Waals surface area contributed by atoms with Crippen molar-refractivity contribution >= 4 is 22.4 Å². The number of benzene rings is 2. The van der Waals surface area contributed by atoms with Crippen LogP contribution < -0.4 is 10.6 Å². The van der Waals surface area contributed by atoms with Gasteiger partial charge in [0.15, 0.2) is 0 Å². The third-order valence-electron chi connectivity index (χ3n) is 2.58. The van der Waals surface area contributed by atoms with Gasteiger partial charge in [0.1, 0.15) is 0 Å². The third-order valence-corrected chi connectivity index (χ3v) is 2.58. The lowest BCUT2D eigenvalue weighted by Crippen LogP contribution is -2.29. The van der Waals surface area contributed by atoms with Crippen LogP contribution in [0.15, 0.2) is 42.5 Å². The van der Waals surface area contributed by atoms with E-state index >= 15 is 0 Å². The van der Waals surface area contributed by atoms with Crippen molar-refractivity contribution in [3.05, 3.63) is 42.5 Å². The second kappa shape index (κ2) is 5.34. The molecule has 0 bridgehead atoms. The van der Waals surface area contributed by atoms with E-state index in [0.717, 1.165) is 5.69 Å². The molecule has 0 aliphatic heterocycles. The summed E-state index contributed by atoms with van der Waals surface area (Å²) in [5.41, 5.74) is 0.968. The summed E-state index contributed by atoms with van der Waals surface area (Å²) in [4.78, 5) is 11.3. The van der Waals surface area contributed by atoms with Crippen LogP contribution in [0.1, 0.15) is 6.92 Å². The molecular weight excluding hydrogens is 212 g/mol. The Labute approximate surface area is 101 Å². The number of fused-ring (bicyclic) bond motifs is 1. The van der Waals surface area contributed by atoms with Gasteiger partial charge in [-0.3, -0.25) is 4.79 Å². The maximum atomic E-state index is 11.3. The van der Waals surface area contributed by atoms with Crippen molar-refractivity contribution in [2.75, 3.05) is 18.4 Å². The van der Waals surface area contributed by atoms with Crippen LogP contribution in [0.5, 0.6) is 0 Å². The van der Waals surface area contributed by atoms with Gasteiger partial charge in [-0.25, -0.2) is 0 Å². The smallest absolute Gasteiger partial charge is 0.239 e. The van der Waals surface area contributed by atoms with Crippen molar-refractivity contribution in [2.24, 2.45) is 0 Å². The first-order valence-electron chi connectivity index (χ1n) is 5.79. The van der Waals surface area contributed by atoms with Crippen LogP contribution in [0.2, 0.25) is 0 Å². The molecule has 0 saturated carbocycles. The Balaban J connectivity index is 2.06. The number of amides is 1. The Hall–Kier alpha value is -2.03. The summed E-state index contributed by atoms with van der Waals surface area (Å²) in [6.45, 7) is 2.89. The summed E-state index contributed by atoms with van der Waals surface area (Å²) < 4.78 is 0. The van der Waals surface area contributed by atoms with Crippen molar-refractivity contribution in [3.8, 4) is 0 Å². The van der Waals surface area contributed by atoms with Crippen molar-refractivity contribution < 1.29 is 4.79 Å². The molecule has 0 atom stereocenters. The van der Waals surface area contributed by atoms with Gasteiger partial charge in [-0.15, -0.1) is 0 Å². The van der Waals surface area contributed by atoms with E-state index in [9.17, 15) is 4.79 Å². The predicted octanol–water partition coefficient (Wildman–Crippen LogP) is 2.39. The van der Waals surface area contributed by atoms with E-state index in [2.05, 4.69) is 34.9 Å². The highest BCUT2D eigenvalue weighted by Crippen LogP contribution is 2.18. The second-order valence-electron chi connectivity index (χ2n) is 3.87. The molecule has 2 aromatic rings. The molecule has 17 heavy (non-hydrogen) atoms. The van der Waals surface area contributed by atoms with Crippen LogP contribution in [0, 0.1) is 0 Å². The number of rotatable bonds is 4. The van der Waals surface area contributed by atoms with Crippen LogP contribution in [-0.4, -0.2) is 19.0 Å². The molecule has 2 rings (SSSR count). The van der Waals surface area contributed by atoms with Crippen LogP contribution in [0.4, 0.5) is 5.69 Å². The summed E-state index contributed by atoms with van der Waals surface area (Å²) >= 11 is 0. The van der Waals surface area contributed by atoms with E-state index in [1.807, 2.05) is 25.1 Å². The van der Waals surface area contributed by atoms with Gasteiger partial charge in [0, 0.05) is 12.2 Å². The van der Waals surface area contributed by atoms with E-state index in [-0.39, 0.29) is 5.91 Å².